The predicted molar refractivity (Wildman–Crippen MR) is 128 cm³/mol. The Labute approximate surface area is 202 Å². The van der Waals surface area contributed by atoms with Gasteiger partial charge in [0.2, 0.25) is 5.78 Å². The number of aliphatic hydroxyl groups excluding tert-OH is 1. The van der Waals surface area contributed by atoms with Crippen molar-refractivity contribution in [3.63, 3.8) is 0 Å². The number of benzene rings is 1. The molecule has 1 aromatic carbocycles. The lowest BCUT2D eigenvalue weighted by molar-refractivity contribution is -0.129. The van der Waals surface area contributed by atoms with Gasteiger partial charge >= 0.3 is 0 Å². The molecule has 4 rings (SSSR count). The molecule has 1 aliphatic heterocycles. The van der Waals surface area contributed by atoms with Gasteiger partial charge in [0.15, 0.2) is 17.3 Å². The van der Waals surface area contributed by atoms with Crippen LogP contribution in [-0.4, -0.2) is 51.5 Å². The molecule has 1 amide bonds. The van der Waals surface area contributed by atoms with E-state index in [0.29, 0.717) is 48.1 Å². The van der Waals surface area contributed by atoms with E-state index in [-0.39, 0.29) is 11.4 Å². The molecule has 0 aliphatic carbocycles. The minimum Gasteiger partial charge on any atom is -0.503 e. The highest BCUT2D eigenvalue weighted by molar-refractivity contribution is 7.12. The second kappa shape index (κ2) is 10.6. The molecular weight excluding hydrogens is 454 g/mol. The lowest BCUT2D eigenvalue weighted by Gasteiger charge is -2.27. The Balaban J connectivity index is 1.69. The third-order valence-corrected chi connectivity index (χ3v) is 6.50. The number of thiophene rings is 1. The van der Waals surface area contributed by atoms with Crippen LogP contribution < -0.4 is 9.47 Å². The molecule has 0 saturated carbocycles. The van der Waals surface area contributed by atoms with Crippen LogP contribution in [0, 0.1) is 0 Å². The van der Waals surface area contributed by atoms with Crippen LogP contribution in [0.2, 0.25) is 0 Å². The van der Waals surface area contributed by atoms with E-state index in [1.165, 1.54) is 11.3 Å². The number of imidazole rings is 1. The number of carbonyl (C=O) groups excluding carboxylic acids is 2. The van der Waals surface area contributed by atoms with E-state index in [0.717, 1.165) is 6.42 Å². The van der Waals surface area contributed by atoms with Gasteiger partial charge in [0, 0.05) is 25.5 Å². The van der Waals surface area contributed by atoms with Crippen molar-refractivity contribution in [2.45, 2.75) is 32.4 Å². The molecule has 0 spiro atoms. The van der Waals surface area contributed by atoms with Crippen LogP contribution in [0.5, 0.6) is 11.5 Å². The molecule has 9 heteroatoms. The molecule has 1 N–H and O–H groups in total. The Kier molecular flexibility index (Phi) is 7.32. The quantitative estimate of drug-likeness (QED) is 0.408. The summed E-state index contributed by atoms with van der Waals surface area (Å²) in [6.07, 6.45) is 6.74. The van der Waals surface area contributed by atoms with Gasteiger partial charge in [-0.2, -0.15) is 0 Å². The highest BCUT2D eigenvalue weighted by Gasteiger charge is 2.44. The van der Waals surface area contributed by atoms with Crippen molar-refractivity contribution >= 4 is 23.0 Å². The normalized spacial score (nSPS) is 15.8. The van der Waals surface area contributed by atoms with E-state index >= 15 is 0 Å². The van der Waals surface area contributed by atoms with E-state index in [1.807, 2.05) is 23.8 Å². The largest absolute Gasteiger partial charge is 0.503 e. The topological polar surface area (TPSA) is 93.9 Å². The second-order valence-electron chi connectivity index (χ2n) is 7.88. The first-order valence-electron chi connectivity index (χ1n) is 11.1. The van der Waals surface area contributed by atoms with Crippen LogP contribution in [0.4, 0.5) is 0 Å². The summed E-state index contributed by atoms with van der Waals surface area (Å²) in [5.41, 5.74) is 0.750. The molecule has 0 unspecified atom stereocenters. The minimum absolute atomic E-state index is 0.0827. The molecule has 8 nitrogen and oxygen atoms in total. The zero-order valence-corrected chi connectivity index (χ0v) is 20.0. The average molecular weight is 482 g/mol. The Morgan fingerprint density at radius 2 is 2.09 bits per heavy atom. The van der Waals surface area contributed by atoms with Crippen LogP contribution in [0.25, 0.3) is 0 Å². The van der Waals surface area contributed by atoms with Crippen molar-refractivity contribution in [1.29, 1.82) is 0 Å². The molecule has 1 aliphatic rings. The summed E-state index contributed by atoms with van der Waals surface area (Å²) in [5, 5.41) is 12.6. The number of ketones is 1. The van der Waals surface area contributed by atoms with Gasteiger partial charge in [-0.15, -0.1) is 11.3 Å². The van der Waals surface area contributed by atoms with Crippen molar-refractivity contribution in [2.24, 2.45) is 0 Å². The van der Waals surface area contributed by atoms with Crippen LogP contribution >= 0.6 is 11.3 Å². The van der Waals surface area contributed by atoms with Gasteiger partial charge in [0.25, 0.3) is 5.91 Å². The first-order valence-corrected chi connectivity index (χ1v) is 12.0. The van der Waals surface area contributed by atoms with Gasteiger partial charge < -0.3 is 24.0 Å². The van der Waals surface area contributed by atoms with Crippen LogP contribution in [0.3, 0.4) is 0 Å². The summed E-state index contributed by atoms with van der Waals surface area (Å²) in [7, 11) is 1.55. The maximum Gasteiger partial charge on any atom is 0.290 e. The van der Waals surface area contributed by atoms with Crippen molar-refractivity contribution in [1.82, 2.24) is 14.5 Å². The first kappa shape index (κ1) is 23.6. The number of rotatable bonds is 11. The molecule has 2 aromatic heterocycles. The Morgan fingerprint density at radius 1 is 1.24 bits per heavy atom. The van der Waals surface area contributed by atoms with Crippen LogP contribution in [0.15, 0.2) is 65.8 Å². The van der Waals surface area contributed by atoms with Crippen molar-refractivity contribution in [2.75, 3.05) is 20.3 Å². The molecule has 3 heterocycles. The molecule has 0 saturated heterocycles. The molecule has 1 atom stereocenters. The van der Waals surface area contributed by atoms with Crippen molar-refractivity contribution in [3.8, 4) is 11.5 Å². The lowest BCUT2D eigenvalue weighted by Crippen LogP contribution is -2.32. The fourth-order valence-corrected chi connectivity index (χ4v) is 4.71. The second-order valence-corrected chi connectivity index (χ2v) is 8.83. The molecule has 0 radical (unpaired) electrons. The summed E-state index contributed by atoms with van der Waals surface area (Å²) >= 11 is 1.28. The number of aryl methyl sites for hydroxylation is 1. The number of methoxy groups -OCH3 is 1. The van der Waals surface area contributed by atoms with Crippen LogP contribution in [0.1, 0.15) is 41.0 Å². The minimum atomic E-state index is -0.737. The standard InChI is InChI=1S/C25H27N3O5S/c1-3-13-33-18-8-7-17(15-19(18)32-2)22-21(23(29)20-6-4-14-34-20)24(30)25(31)28(22)11-5-10-27-12-9-26-16-27/h4,6-9,12,14-16,22,30H,3,5,10-11,13H2,1-2H3/t22-/m1/s1. The van der Waals surface area contributed by atoms with Gasteiger partial charge in [0.1, 0.15) is 0 Å². The summed E-state index contributed by atoms with van der Waals surface area (Å²) in [6.45, 7) is 3.56. The fraction of sp³-hybridized carbons (Fsp3) is 0.320. The van der Waals surface area contributed by atoms with E-state index in [4.69, 9.17) is 9.47 Å². The summed E-state index contributed by atoms with van der Waals surface area (Å²) in [5.74, 6) is -0.320. The number of aromatic nitrogens is 2. The monoisotopic (exact) mass is 481 g/mol. The Bertz CT molecular complexity index is 1170. The van der Waals surface area contributed by atoms with Gasteiger partial charge in [-0.1, -0.05) is 19.1 Å². The Morgan fingerprint density at radius 3 is 2.76 bits per heavy atom. The number of ether oxygens (including phenoxy) is 2. The average Bonchev–Trinajstić information content (AvgIpc) is 3.61. The molecule has 178 valence electrons. The maximum atomic E-state index is 13.4. The van der Waals surface area contributed by atoms with Gasteiger partial charge in [-0.05, 0) is 42.0 Å². The third-order valence-electron chi connectivity index (χ3n) is 5.63. The Hall–Kier alpha value is -3.59. The number of nitrogens with zero attached hydrogens (tertiary/aromatic N) is 3. The van der Waals surface area contributed by atoms with E-state index < -0.39 is 17.7 Å². The number of hydrogen-bond acceptors (Lipinski definition) is 7. The highest BCUT2D eigenvalue weighted by atomic mass is 32.1. The number of carbonyl (C=O) groups is 2. The smallest absolute Gasteiger partial charge is 0.290 e. The molecule has 0 bridgehead atoms. The molecule has 0 fully saturated rings. The maximum absolute atomic E-state index is 13.4. The summed E-state index contributed by atoms with van der Waals surface area (Å²) in [4.78, 5) is 32.5. The van der Waals surface area contributed by atoms with E-state index in [2.05, 4.69) is 4.98 Å². The SMILES string of the molecule is CCCOc1ccc([C@@H]2C(C(=O)c3cccs3)=C(O)C(=O)N2CCCn2ccnc2)cc1OC. The van der Waals surface area contributed by atoms with Crippen LogP contribution in [-0.2, 0) is 11.3 Å². The lowest BCUT2D eigenvalue weighted by atomic mass is 9.95. The highest BCUT2D eigenvalue weighted by Crippen LogP contribution is 2.42. The van der Waals surface area contributed by atoms with Crippen molar-refractivity contribution in [3.05, 3.63) is 76.2 Å². The third kappa shape index (κ3) is 4.70. The first-order chi connectivity index (χ1) is 16.5. The molecule has 3 aromatic rings. The fourth-order valence-electron chi connectivity index (χ4n) is 4.03. The van der Waals surface area contributed by atoms with Crippen molar-refractivity contribution < 1.29 is 24.2 Å². The van der Waals surface area contributed by atoms with E-state index in [9.17, 15) is 14.7 Å². The summed E-state index contributed by atoms with van der Waals surface area (Å²) in [6, 6.07) is 8.09. The zero-order valence-electron chi connectivity index (χ0n) is 19.1. The number of aliphatic hydroxyl groups is 1. The number of hydrogen-bond donors (Lipinski definition) is 1. The summed E-state index contributed by atoms with van der Waals surface area (Å²) < 4.78 is 13.2. The van der Waals surface area contributed by atoms with Gasteiger partial charge in [-0.25, -0.2) is 4.98 Å². The predicted octanol–water partition coefficient (Wildman–Crippen LogP) is 4.41. The molecular formula is C25H27N3O5S. The van der Waals surface area contributed by atoms with E-state index in [1.54, 1.807) is 54.2 Å². The van der Waals surface area contributed by atoms with Gasteiger partial charge in [-0.3, -0.25) is 9.59 Å². The molecule has 34 heavy (non-hydrogen) atoms. The number of amides is 1. The van der Waals surface area contributed by atoms with Gasteiger partial charge in [0.05, 0.1) is 36.5 Å². The zero-order chi connectivity index (χ0) is 24.1. The number of Topliss-reactive ketones (excluding diaryl/α,β-unsaturated/α-hetero) is 1.